The summed E-state index contributed by atoms with van der Waals surface area (Å²) in [7, 11) is 1.87. The molecule has 1 saturated carbocycles. The molecule has 0 bridgehead atoms. The molecule has 1 aliphatic rings. The van der Waals surface area contributed by atoms with Crippen molar-refractivity contribution >= 4 is 15.9 Å². The van der Waals surface area contributed by atoms with Crippen molar-refractivity contribution in [3.05, 3.63) is 34.3 Å². The van der Waals surface area contributed by atoms with Gasteiger partial charge in [0, 0.05) is 18.5 Å². The number of hydrogen-bond donors (Lipinski definition) is 0. The van der Waals surface area contributed by atoms with Crippen LogP contribution in [0.2, 0.25) is 0 Å². The molecule has 3 nitrogen and oxygen atoms in total. The van der Waals surface area contributed by atoms with E-state index in [0.717, 1.165) is 17.2 Å². The third-order valence-corrected chi connectivity index (χ3v) is 3.51. The highest BCUT2D eigenvalue weighted by atomic mass is 79.9. The Morgan fingerprint density at radius 3 is 2.82 bits per heavy atom. The Balaban J connectivity index is 2.04. The highest BCUT2D eigenvalue weighted by Gasteiger charge is 2.28. The maximum Gasteiger partial charge on any atom is 0.158 e. The molecule has 2 aromatic rings. The summed E-state index contributed by atoms with van der Waals surface area (Å²) >= 11 is 3.18. The first kappa shape index (κ1) is 10.9. The third-order valence-electron chi connectivity index (χ3n) is 2.90. The zero-order valence-corrected chi connectivity index (χ0v) is 10.9. The lowest BCUT2D eigenvalue weighted by molar-refractivity contribution is 0.621. The van der Waals surface area contributed by atoms with Gasteiger partial charge in [0.15, 0.2) is 11.6 Å². The van der Waals surface area contributed by atoms with Crippen molar-refractivity contribution in [3.63, 3.8) is 0 Å². The molecular formula is C12H11BrFN3. The highest BCUT2D eigenvalue weighted by molar-refractivity contribution is 9.10. The molecule has 3 rings (SSSR count). The van der Waals surface area contributed by atoms with Gasteiger partial charge in [-0.05, 0) is 47.0 Å². The second-order valence-electron chi connectivity index (χ2n) is 4.32. The van der Waals surface area contributed by atoms with Crippen molar-refractivity contribution in [1.29, 1.82) is 0 Å². The van der Waals surface area contributed by atoms with Crippen molar-refractivity contribution in [2.24, 2.45) is 7.05 Å². The Morgan fingerprint density at radius 2 is 2.18 bits per heavy atom. The maximum atomic E-state index is 13.2. The van der Waals surface area contributed by atoms with Gasteiger partial charge in [-0.1, -0.05) is 0 Å². The van der Waals surface area contributed by atoms with Crippen LogP contribution in [0, 0.1) is 5.82 Å². The molecule has 1 heterocycles. The summed E-state index contributed by atoms with van der Waals surface area (Å²) in [6.45, 7) is 0. The minimum Gasteiger partial charge on any atom is -0.249 e. The SMILES string of the molecule is Cn1nc(C2CC2)nc1-c1ccc(F)c(Br)c1. The van der Waals surface area contributed by atoms with Gasteiger partial charge in [0.2, 0.25) is 0 Å². The Kier molecular flexibility index (Phi) is 2.50. The number of halogens is 2. The standard InChI is InChI=1S/C12H11BrFN3/c1-17-12(15-11(16-17)7-2-3-7)8-4-5-10(14)9(13)6-8/h4-7H,2-3H2,1H3. The average Bonchev–Trinajstić information content (AvgIpc) is 3.07. The van der Waals surface area contributed by atoms with Crippen LogP contribution in [-0.2, 0) is 7.05 Å². The van der Waals surface area contributed by atoms with Gasteiger partial charge in [0.25, 0.3) is 0 Å². The Morgan fingerprint density at radius 1 is 1.41 bits per heavy atom. The second kappa shape index (κ2) is 3.91. The smallest absolute Gasteiger partial charge is 0.158 e. The predicted octanol–water partition coefficient (Wildman–Crippen LogP) is 3.26. The molecule has 1 aromatic heterocycles. The molecule has 0 amide bonds. The summed E-state index contributed by atoms with van der Waals surface area (Å²) in [4.78, 5) is 4.52. The van der Waals surface area contributed by atoms with E-state index in [4.69, 9.17) is 0 Å². The summed E-state index contributed by atoms with van der Waals surface area (Å²) in [5.74, 6) is 1.95. The van der Waals surface area contributed by atoms with Crippen LogP contribution in [0.1, 0.15) is 24.6 Å². The van der Waals surface area contributed by atoms with E-state index in [1.54, 1.807) is 16.8 Å². The second-order valence-corrected chi connectivity index (χ2v) is 5.17. The van der Waals surface area contributed by atoms with Crippen molar-refractivity contribution in [2.75, 3.05) is 0 Å². The Hall–Kier alpha value is -1.23. The van der Waals surface area contributed by atoms with Gasteiger partial charge < -0.3 is 0 Å². The summed E-state index contributed by atoms with van der Waals surface area (Å²) in [6, 6.07) is 4.89. The number of rotatable bonds is 2. The average molecular weight is 296 g/mol. The van der Waals surface area contributed by atoms with Crippen LogP contribution in [0.4, 0.5) is 4.39 Å². The number of nitrogens with zero attached hydrogens (tertiary/aromatic N) is 3. The first-order chi connectivity index (χ1) is 8.15. The highest BCUT2D eigenvalue weighted by Crippen LogP contribution is 2.38. The van der Waals surface area contributed by atoms with Crippen LogP contribution in [0.3, 0.4) is 0 Å². The van der Waals surface area contributed by atoms with E-state index < -0.39 is 0 Å². The summed E-state index contributed by atoms with van der Waals surface area (Å²) in [5, 5.41) is 4.40. The molecule has 1 fully saturated rings. The van der Waals surface area contributed by atoms with Gasteiger partial charge in [-0.3, -0.25) is 0 Å². The Bertz CT molecular complexity index is 575. The summed E-state index contributed by atoms with van der Waals surface area (Å²) < 4.78 is 15.4. The van der Waals surface area contributed by atoms with Gasteiger partial charge in [-0.15, -0.1) is 0 Å². The molecular weight excluding hydrogens is 285 g/mol. The fourth-order valence-corrected chi connectivity index (χ4v) is 2.18. The van der Waals surface area contributed by atoms with Crippen LogP contribution in [-0.4, -0.2) is 14.8 Å². The molecule has 0 N–H and O–H groups in total. The number of benzene rings is 1. The van der Waals surface area contributed by atoms with Gasteiger partial charge in [0.1, 0.15) is 5.82 Å². The molecule has 88 valence electrons. The van der Waals surface area contributed by atoms with Crippen LogP contribution < -0.4 is 0 Å². The van der Waals surface area contributed by atoms with Crippen molar-refractivity contribution in [2.45, 2.75) is 18.8 Å². The van der Waals surface area contributed by atoms with E-state index in [9.17, 15) is 4.39 Å². The number of aromatic nitrogens is 3. The molecule has 0 unspecified atom stereocenters. The van der Waals surface area contributed by atoms with Crippen LogP contribution in [0.15, 0.2) is 22.7 Å². The van der Waals surface area contributed by atoms with Gasteiger partial charge in [0.05, 0.1) is 4.47 Å². The van der Waals surface area contributed by atoms with Gasteiger partial charge in [-0.2, -0.15) is 5.10 Å². The minimum absolute atomic E-state index is 0.265. The van der Waals surface area contributed by atoms with Crippen molar-refractivity contribution in [1.82, 2.24) is 14.8 Å². The maximum absolute atomic E-state index is 13.2. The fourth-order valence-electron chi connectivity index (χ4n) is 1.81. The summed E-state index contributed by atoms with van der Waals surface area (Å²) in [6.07, 6.45) is 2.35. The van der Waals surface area contributed by atoms with E-state index >= 15 is 0 Å². The normalized spacial score (nSPS) is 15.2. The molecule has 1 aliphatic carbocycles. The quantitative estimate of drug-likeness (QED) is 0.851. The molecule has 0 aliphatic heterocycles. The molecule has 0 saturated heterocycles. The lowest BCUT2D eigenvalue weighted by atomic mass is 10.2. The van der Waals surface area contributed by atoms with Crippen LogP contribution >= 0.6 is 15.9 Å². The van der Waals surface area contributed by atoms with Crippen LogP contribution in [0.5, 0.6) is 0 Å². The Labute approximate surface area is 107 Å². The lowest BCUT2D eigenvalue weighted by Gasteiger charge is -2.01. The van der Waals surface area contributed by atoms with E-state index in [2.05, 4.69) is 26.0 Å². The molecule has 5 heteroatoms. The van der Waals surface area contributed by atoms with E-state index in [-0.39, 0.29) is 5.82 Å². The fraction of sp³-hybridized carbons (Fsp3) is 0.333. The summed E-state index contributed by atoms with van der Waals surface area (Å²) in [5.41, 5.74) is 0.875. The van der Waals surface area contributed by atoms with Crippen molar-refractivity contribution < 1.29 is 4.39 Å². The van der Waals surface area contributed by atoms with Gasteiger partial charge >= 0.3 is 0 Å². The lowest BCUT2D eigenvalue weighted by Crippen LogP contribution is -1.95. The molecule has 0 atom stereocenters. The first-order valence-electron chi connectivity index (χ1n) is 5.51. The predicted molar refractivity (Wildman–Crippen MR) is 66.1 cm³/mol. The first-order valence-corrected chi connectivity index (χ1v) is 6.31. The van der Waals surface area contributed by atoms with Gasteiger partial charge in [-0.25, -0.2) is 14.1 Å². The zero-order valence-electron chi connectivity index (χ0n) is 9.32. The largest absolute Gasteiger partial charge is 0.249 e. The topological polar surface area (TPSA) is 30.7 Å². The number of hydrogen-bond acceptors (Lipinski definition) is 2. The third kappa shape index (κ3) is 1.99. The molecule has 0 radical (unpaired) electrons. The molecule has 1 aromatic carbocycles. The minimum atomic E-state index is -0.265. The zero-order chi connectivity index (χ0) is 12.0. The molecule has 0 spiro atoms. The van der Waals surface area contributed by atoms with Crippen molar-refractivity contribution in [3.8, 4) is 11.4 Å². The monoisotopic (exact) mass is 295 g/mol. The van der Waals surface area contributed by atoms with Crippen LogP contribution in [0.25, 0.3) is 11.4 Å². The van der Waals surface area contributed by atoms with E-state index in [0.29, 0.717) is 10.4 Å². The number of aryl methyl sites for hydroxylation is 1. The molecule has 17 heavy (non-hydrogen) atoms. The van der Waals surface area contributed by atoms with E-state index in [1.165, 1.54) is 18.9 Å². The van der Waals surface area contributed by atoms with E-state index in [1.807, 2.05) is 7.05 Å².